The maximum Gasteiger partial charge on any atom is 0.324 e. The van der Waals surface area contributed by atoms with E-state index in [1.807, 2.05) is 50.1 Å². The van der Waals surface area contributed by atoms with Crippen LogP contribution in [0.15, 0.2) is 36.0 Å². The summed E-state index contributed by atoms with van der Waals surface area (Å²) in [5.74, 6) is -1.00. The van der Waals surface area contributed by atoms with Gasteiger partial charge in [-0.25, -0.2) is 8.42 Å². The average molecular weight is 407 g/mol. The zero-order valence-corrected chi connectivity index (χ0v) is 17.5. The van der Waals surface area contributed by atoms with Gasteiger partial charge >= 0.3 is 5.97 Å². The Bertz CT molecular complexity index is 936. The van der Waals surface area contributed by atoms with Crippen molar-refractivity contribution in [1.82, 2.24) is 4.31 Å². The highest BCUT2D eigenvalue weighted by Crippen LogP contribution is 2.46. The van der Waals surface area contributed by atoms with Crippen molar-refractivity contribution in [3.63, 3.8) is 0 Å². The number of hydrogen-bond acceptors (Lipinski definition) is 6. The second kappa shape index (κ2) is 7.33. The van der Waals surface area contributed by atoms with E-state index in [0.29, 0.717) is 19.4 Å². The van der Waals surface area contributed by atoms with Gasteiger partial charge in [-0.05, 0) is 24.5 Å². The zero-order valence-electron chi connectivity index (χ0n) is 16.6. The lowest BCUT2D eigenvalue weighted by Crippen LogP contribution is -2.41. The Kier molecular flexibility index (Phi) is 5.38. The number of carbonyl (C=O) groups excluding carboxylic acids is 2. The number of hydrogen-bond donors (Lipinski definition) is 0. The molecule has 1 saturated heterocycles. The van der Waals surface area contributed by atoms with Crippen molar-refractivity contribution in [3.05, 3.63) is 41.6 Å². The van der Waals surface area contributed by atoms with Crippen molar-refractivity contribution >= 4 is 27.5 Å². The van der Waals surface area contributed by atoms with Crippen molar-refractivity contribution < 1.29 is 22.7 Å². The molecule has 2 aliphatic heterocycles. The molecule has 0 unspecified atom stereocenters. The first kappa shape index (κ1) is 20.5. The number of nitrogens with zero attached hydrogens (tertiary/aromatic N) is 2. The Balaban J connectivity index is 1.69. The molecule has 28 heavy (non-hydrogen) atoms. The minimum atomic E-state index is -3.48. The van der Waals surface area contributed by atoms with Crippen LogP contribution < -0.4 is 4.90 Å². The highest BCUT2D eigenvalue weighted by atomic mass is 32.2. The third kappa shape index (κ3) is 3.71. The third-order valence-corrected chi connectivity index (χ3v) is 6.79. The van der Waals surface area contributed by atoms with Gasteiger partial charge in [0.05, 0.1) is 6.26 Å². The van der Waals surface area contributed by atoms with E-state index in [9.17, 15) is 18.0 Å². The number of likely N-dealkylation sites (N-methyl/N-ethyl adjacent to an activating group) is 1. The summed E-state index contributed by atoms with van der Waals surface area (Å²) < 4.78 is 29.8. The van der Waals surface area contributed by atoms with E-state index in [1.54, 1.807) is 0 Å². The highest BCUT2D eigenvalue weighted by molar-refractivity contribution is 7.88. The molecule has 152 valence electrons. The minimum Gasteiger partial charge on any atom is -0.456 e. The number of sulfonamides is 1. The van der Waals surface area contributed by atoms with E-state index in [1.165, 1.54) is 6.08 Å². The van der Waals surface area contributed by atoms with Gasteiger partial charge in [0.15, 0.2) is 12.4 Å². The first-order chi connectivity index (χ1) is 13.0. The van der Waals surface area contributed by atoms with Gasteiger partial charge in [-0.15, -0.1) is 0 Å². The topological polar surface area (TPSA) is 84.0 Å². The largest absolute Gasteiger partial charge is 0.456 e. The van der Waals surface area contributed by atoms with Crippen molar-refractivity contribution in [3.8, 4) is 0 Å². The number of ketones is 1. The van der Waals surface area contributed by atoms with Crippen LogP contribution in [0.3, 0.4) is 0 Å². The van der Waals surface area contributed by atoms with Crippen LogP contribution in [0, 0.1) is 0 Å². The van der Waals surface area contributed by atoms with E-state index in [2.05, 4.69) is 0 Å². The summed E-state index contributed by atoms with van der Waals surface area (Å²) in [5, 5.41) is 0. The van der Waals surface area contributed by atoms with Crippen LogP contribution in [0.25, 0.3) is 0 Å². The standard InChI is InChI=1S/C20H26N2O5S/c1-20(2)15-8-5-6-9-16(15)21(3)18(20)12-14(23)13-27-19(24)17-10-7-11-22(17)28(4,25)26/h5-6,8-9,12,17H,7,10-11,13H2,1-4H3/b18-12+/t17-/m0/s1. The van der Waals surface area contributed by atoms with Gasteiger partial charge in [-0.2, -0.15) is 4.31 Å². The third-order valence-electron chi connectivity index (χ3n) is 5.50. The second-order valence-electron chi connectivity index (χ2n) is 7.84. The van der Waals surface area contributed by atoms with E-state index in [-0.39, 0.29) is 11.2 Å². The predicted octanol–water partition coefficient (Wildman–Crippen LogP) is 1.83. The summed E-state index contributed by atoms with van der Waals surface area (Å²) in [6.45, 7) is 3.98. The monoisotopic (exact) mass is 406 g/mol. The summed E-state index contributed by atoms with van der Waals surface area (Å²) in [7, 11) is -1.57. The molecule has 2 aliphatic rings. The summed E-state index contributed by atoms with van der Waals surface area (Å²) in [4.78, 5) is 26.7. The smallest absolute Gasteiger partial charge is 0.324 e. The Hall–Kier alpha value is -2.19. The Morgan fingerprint density at radius 2 is 1.96 bits per heavy atom. The highest BCUT2D eigenvalue weighted by Gasteiger charge is 2.39. The van der Waals surface area contributed by atoms with E-state index < -0.39 is 28.6 Å². The van der Waals surface area contributed by atoms with Crippen molar-refractivity contribution in [2.45, 2.75) is 38.1 Å². The van der Waals surface area contributed by atoms with Gasteiger partial charge < -0.3 is 9.64 Å². The molecular formula is C20H26N2O5S. The first-order valence-corrected chi connectivity index (χ1v) is 11.1. The van der Waals surface area contributed by atoms with Gasteiger partial charge in [0.2, 0.25) is 10.0 Å². The summed E-state index contributed by atoms with van der Waals surface area (Å²) >= 11 is 0. The lowest BCUT2D eigenvalue weighted by molar-refractivity contribution is -0.150. The number of ether oxygens (including phenoxy) is 1. The summed E-state index contributed by atoms with van der Waals surface area (Å²) in [5.41, 5.74) is 2.65. The second-order valence-corrected chi connectivity index (χ2v) is 9.77. The summed E-state index contributed by atoms with van der Waals surface area (Å²) in [6, 6.07) is 7.12. The molecule has 8 heteroatoms. The molecule has 0 radical (unpaired) electrons. The maximum atomic E-state index is 12.5. The fourth-order valence-corrected chi connectivity index (χ4v) is 5.18. The average Bonchev–Trinajstić information content (AvgIpc) is 3.19. The number of allylic oxidation sites excluding steroid dienone is 1. The van der Waals surface area contributed by atoms with Crippen LogP contribution in [-0.4, -0.2) is 57.0 Å². The fourth-order valence-electron chi connectivity index (χ4n) is 4.06. The molecule has 1 fully saturated rings. The molecule has 1 aromatic rings. The predicted molar refractivity (Wildman–Crippen MR) is 106 cm³/mol. The molecule has 3 rings (SSSR count). The molecule has 0 N–H and O–H groups in total. The molecule has 1 aromatic carbocycles. The van der Waals surface area contributed by atoms with Crippen molar-refractivity contribution in [1.29, 1.82) is 0 Å². The number of benzene rings is 1. The first-order valence-electron chi connectivity index (χ1n) is 9.25. The summed E-state index contributed by atoms with van der Waals surface area (Å²) in [6.07, 6.45) is 3.59. The van der Waals surface area contributed by atoms with Crippen LogP contribution in [0.1, 0.15) is 32.3 Å². The van der Waals surface area contributed by atoms with E-state index in [4.69, 9.17) is 4.74 Å². The number of anilines is 1. The molecule has 0 aliphatic carbocycles. The van der Waals surface area contributed by atoms with Crippen LogP contribution in [-0.2, 0) is 29.8 Å². The van der Waals surface area contributed by atoms with Crippen LogP contribution in [0.5, 0.6) is 0 Å². The normalized spacial score (nSPS) is 23.1. The molecule has 7 nitrogen and oxygen atoms in total. The molecule has 0 spiro atoms. The molecular weight excluding hydrogens is 380 g/mol. The quantitative estimate of drug-likeness (QED) is 0.548. The molecule has 0 bridgehead atoms. The van der Waals surface area contributed by atoms with Crippen molar-refractivity contribution in [2.75, 3.05) is 31.4 Å². The Morgan fingerprint density at radius 1 is 1.29 bits per heavy atom. The van der Waals surface area contributed by atoms with Gasteiger partial charge in [-0.3, -0.25) is 9.59 Å². The van der Waals surface area contributed by atoms with Crippen LogP contribution in [0.2, 0.25) is 0 Å². The van der Waals surface area contributed by atoms with Gasteiger partial charge in [0.25, 0.3) is 0 Å². The minimum absolute atomic E-state index is 0.299. The molecule has 1 atom stereocenters. The maximum absolute atomic E-state index is 12.5. The van der Waals surface area contributed by atoms with Gasteiger partial charge in [0.1, 0.15) is 6.04 Å². The van der Waals surface area contributed by atoms with Gasteiger partial charge in [-0.1, -0.05) is 32.0 Å². The molecule has 0 saturated carbocycles. The van der Waals surface area contributed by atoms with Crippen LogP contribution in [0.4, 0.5) is 5.69 Å². The lowest BCUT2D eigenvalue weighted by Gasteiger charge is -2.24. The van der Waals surface area contributed by atoms with E-state index >= 15 is 0 Å². The Morgan fingerprint density at radius 3 is 2.61 bits per heavy atom. The number of para-hydroxylation sites is 1. The number of carbonyl (C=O) groups is 2. The zero-order chi connectivity index (χ0) is 20.7. The SMILES string of the molecule is CN1/C(=C/C(=O)COC(=O)[C@@H]2CCCN2S(C)(=O)=O)C(C)(C)c2ccccc21. The molecule has 0 aromatic heterocycles. The molecule has 0 amide bonds. The molecule has 2 heterocycles. The van der Waals surface area contributed by atoms with Crippen molar-refractivity contribution in [2.24, 2.45) is 0 Å². The fraction of sp³-hybridized carbons (Fsp3) is 0.500. The number of esters is 1. The number of rotatable bonds is 5. The van der Waals surface area contributed by atoms with Gasteiger partial charge in [0, 0.05) is 36.5 Å². The Labute approximate surface area is 166 Å². The van der Waals surface area contributed by atoms with E-state index in [0.717, 1.165) is 27.5 Å². The number of fused-ring (bicyclic) bond motifs is 1. The lowest BCUT2D eigenvalue weighted by atomic mass is 9.83. The van der Waals surface area contributed by atoms with Crippen LogP contribution >= 0.6 is 0 Å².